The van der Waals surface area contributed by atoms with Gasteiger partial charge in [0.25, 0.3) is 0 Å². The SMILES string of the molecule is COCc1ccc(C2(CN)CC(F)(F)C2)cc1. The van der Waals surface area contributed by atoms with Gasteiger partial charge < -0.3 is 10.5 Å². The van der Waals surface area contributed by atoms with E-state index < -0.39 is 11.3 Å². The molecule has 1 aliphatic rings. The molecular weight excluding hydrogens is 224 g/mol. The summed E-state index contributed by atoms with van der Waals surface area (Å²) in [5.41, 5.74) is 7.07. The molecule has 0 radical (unpaired) electrons. The van der Waals surface area contributed by atoms with Crippen LogP contribution in [0.2, 0.25) is 0 Å². The van der Waals surface area contributed by atoms with E-state index in [4.69, 9.17) is 10.5 Å². The minimum Gasteiger partial charge on any atom is -0.380 e. The van der Waals surface area contributed by atoms with E-state index in [1.165, 1.54) is 0 Å². The Morgan fingerprint density at radius 3 is 2.24 bits per heavy atom. The molecule has 1 aromatic rings. The number of hydrogen-bond donors (Lipinski definition) is 1. The molecule has 0 amide bonds. The molecule has 2 nitrogen and oxygen atoms in total. The molecule has 1 fully saturated rings. The van der Waals surface area contributed by atoms with Gasteiger partial charge >= 0.3 is 0 Å². The standard InChI is InChI=1S/C13H17F2NO/c1-17-6-10-2-4-11(5-3-10)12(9-16)7-13(14,15)8-12/h2-5H,6-9,16H2,1H3. The number of halogens is 2. The molecule has 1 aliphatic carbocycles. The Kier molecular flexibility index (Phi) is 3.19. The molecule has 0 spiro atoms. The maximum atomic E-state index is 13.0. The molecule has 94 valence electrons. The van der Waals surface area contributed by atoms with Gasteiger partial charge in [0.15, 0.2) is 0 Å². The summed E-state index contributed by atoms with van der Waals surface area (Å²) < 4.78 is 31.1. The smallest absolute Gasteiger partial charge is 0.250 e. The Balaban J connectivity index is 2.16. The van der Waals surface area contributed by atoms with Crippen LogP contribution >= 0.6 is 0 Å². The highest BCUT2D eigenvalue weighted by molar-refractivity contribution is 5.33. The van der Waals surface area contributed by atoms with Crippen molar-refractivity contribution >= 4 is 0 Å². The normalized spacial score (nSPS) is 20.9. The van der Waals surface area contributed by atoms with Crippen LogP contribution in [0.4, 0.5) is 8.78 Å². The molecule has 1 aromatic carbocycles. The van der Waals surface area contributed by atoms with Gasteiger partial charge in [0.1, 0.15) is 0 Å². The Labute approximate surface area is 99.8 Å². The van der Waals surface area contributed by atoms with E-state index in [-0.39, 0.29) is 19.4 Å². The molecule has 2 rings (SSSR count). The molecule has 0 aromatic heterocycles. The molecule has 0 bridgehead atoms. The van der Waals surface area contributed by atoms with Gasteiger partial charge in [-0.05, 0) is 11.1 Å². The second-order valence-electron chi connectivity index (χ2n) is 4.82. The van der Waals surface area contributed by atoms with Crippen molar-refractivity contribution in [3.8, 4) is 0 Å². The predicted molar refractivity (Wildman–Crippen MR) is 62.1 cm³/mol. The van der Waals surface area contributed by atoms with Crippen LogP contribution in [-0.2, 0) is 16.8 Å². The van der Waals surface area contributed by atoms with Crippen LogP contribution in [0.5, 0.6) is 0 Å². The molecule has 0 saturated heterocycles. The third-order valence-corrected chi connectivity index (χ3v) is 3.46. The molecular formula is C13H17F2NO. The first-order chi connectivity index (χ1) is 8.01. The maximum Gasteiger partial charge on any atom is 0.250 e. The molecule has 0 aliphatic heterocycles. The Morgan fingerprint density at radius 2 is 1.82 bits per heavy atom. The second kappa shape index (κ2) is 4.35. The Hall–Kier alpha value is -1.00. The van der Waals surface area contributed by atoms with E-state index in [9.17, 15) is 8.78 Å². The highest BCUT2D eigenvalue weighted by atomic mass is 19.3. The molecule has 0 heterocycles. The lowest BCUT2D eigenvalue weighted by Crippen LogP contribution is -2.53. The van der Waals surface area contributed by atoms with E-state index in [1.807, 2.05) is 24.3 Å². The van der Waals surface area contributed by atoms with E-state index in [0.29, 0.717) is 6.61 Å². The summed E-state index contributed by atoms with van der Waals surface area (Å²) in [5.74, 6) is -2.55. The summed E-state index contributed by atoms with van der Waals surface area (Å²) in [4.78, 5) is 0. The second-order valence-corrected chi connectivity index (χ2v) is 4.82. The van der Waals surface area contributed by atoms with Crippen molar-refractivity contribution in [2.24, 2.45) is 5.73 Å². The van der Waals surface area contributed by atoms with Gasteiger partial charge in [-0.1, -0.05) is 24.3 Å². The van der Waals surface area contributed by atoms with Crippen molar-refractivity contribution in [1.29, 1.82) is 0 Å². The highest BCUT2D eigenvalue weighted by Gasteiger charge is 2.56. The summed E-state index contributed by atoms with van der Waals surface area (Å²) >= 11 is 0. The monoisotopic (exact) mass is 241 g/mol. The largest absolute Gasteiger partial charge is 0.380 e. The summed E-state index contributed by atoms with van der Waals surface area (Å²) in [6.07, 6.45) is -0.278. The van der Waals surface area contributed by atoms with Crippen LogP contribution in [-0.4, -0.2) is 19.6 Å². The Bertz CT molecular complexity index is 381. The summed E-state index contributed by atoms with van der Waals surface area (Å²) in [6.45, 7) is 0.804. The van der Waals surface area contributed by atoms with Gasteiger partial charge in [0, 0.05) is 31.9 Å². The first-order valence-electron chi connectivity index (χ1n) is 5.68. The van der Waals surface area contributed by atoms with E-state index in [0.717, 1.165) is 11.1 Å². The van der Waals surface area contributed by atoms with Gasteiger partial charge in [-0.15, -0.1) is 0 Å². The topological polar surface area (TPSA) is 35.2 Å². The number of ether oxygens (including phenoxy) is 1. The van der Waals surface area contributed by atoms with Crippen LogP contribution < -0.4 is 5.73 Å². The summed E-state index contributed by atoms with van der Waals surface area (Å²) in [5, 5.41) is 0. The van der Waals surface area contributed by atoms with Crippen LogP contribution in [0.25, 0.3) is 0 Å². The molecule has 0 unspecified atom stereocenters. The number of alkyl halides is 2. The first-order valence-corrected chi connectivity index (χ1v) is 5.68. The lowest BCUT2D eigenvalue weighted by molar-refractivity contribution is -0.123. The van der Waals surface area contributed by atoms with E-state index >= 15 is 0 Å². The van der Waals surface area contributed by atoms with Crippen molar-refractivity contribution in [2.75, 3.05) is 13.7 Å². The minimum atomic E-state index is -2.55. The minimum absolute atomic E-state index is 0.139. The van der Waals surface area contributed by atoms with Gasteiger partial charge in [-0.3, -0.25) is 0 Å². The number of nitrogens with two attached hydrogens (primary N) is 1. The first kappa shape index (κ1) is 12.5. The van der Waals surface area contributed by atoms with Crippen LogP contribution in [0.1, 0.15) is 24.0 Å². The van der Waals surface area contributed by atoms with E-state index in [1.54, 1.807) is 7.11 Å². The summed E-state index contributed by atoms with van der Waals surface area (Å²) in [7, 11) is 1.63. The maximum absolute atomic E-state index is 13.0. The van der Waals surface area contributed by atoms with Crippen LogP contribution in [0.15, 0.2) is 24.3 Å². The zero-order chi connectivity index (χ0) is 12.5. The lowest BCUT2D eigenvalue weighted by Gasteiger charge is -2.47. The number of benzene rings is 1. The van der Waals surface area contributed by atoms with Crippen molar-refractivity contribution in [1.82, 2.24) is 0 Å². The summed E-state index contributed by atoms with van der Waals surface area (Å²) in [6, 6.07) is 7.59. The van der Waals surface area contributed by atoms with Crippen molar-refractivity contribution < 1.29 is 13.5 Å². The zero-order valence-corrected chi connectivity index (χ0v) is 9.88. The number of rotatable bonds is 4. The Morgan fingerprint density at radius 1 is 1.24 bits per heavy atom. The van der Waals surface area contributed by atoms with Gasteiger partial charge in [0.05, 0.1) is 6.61 Å². The third kappa shape index (κ3) is 2.33. The highest BCUT2D eigenvalue weighted by Crippen LogP contribution is 2.52. The molecule has 0 atom stereocenters. The van der Waals surface area contributed by atoms with Gasteiger partial charge in [0.2, 0.25) is 5.92 Å². The third-order valence-electron chi connectivity index (χ3n) is 3.46. The van der Waals surface area contributed by atoms with Gasteiger partial charge in [-0.25, -0.2) is 8.78 Å². The average molecular weight is 241 g/mol. The van der Waals surface area contributed by atoms with Crippen molar-refractivity contribution in [3.05, 3.63) is 35.4 Å². The number of hydrogen-bond acceptors (Lipinski definition) is 2. The molecule has 1 saturated carbocycles. The number of methoxy groups -OCH3 is 1. The fourth-order valence-electron chi connectivity index (χ4n) is 2.53. The quantitative estimate of drug-likeness (QED) is 0.878. The van der Waals surface area contributed by atoms with E-state index in [2.05, 4.69) is 0 Å². The molecule has 2 N–H and O–H groups in total. The van der Waals surface area contributed by atoms with Crippen molar-refractivity contribution in [2.45, 2.75) is 30.8 Å². The lowest BCUT2D eigenvalue weighted by atomic mass is 9.62. The zero-order valence-electron chi connectivity index (χ0n) is 9.88. The van der Waals surface area contributed by atoms with Crippen molar-refractivity contribution in [3.63, 3.8) is 0 Å². The van der Waals surface area contributed by atoms with Crippen LogP contribution in [0.3, 0.4) is 0 Å². The molecule has 17 heavy (non-hydrogen) atoms. The van der Waals surface area contributed by atoms with Crippen LogP contribution in [0, 0.1) is 0 Å². The van der Waals surface area contributed by atoms with Gasteiger partial charge in [-0.2, -0.15) is 0 Å². The average Bonchev–Trinajstić information content (AvgIpc) is 2.27. The molecule has 4 heteroatoms. The fourth-order valence-corrected chi connectivity index (χ4v) is 2.53. The predicted octanol–water partition coefficient (Wildman–Crippen LogP) is 2.46. The fraction of sp³-hybridized carbons (Fsp3) is 0.538.